The highest BCUT2D eigenvalue weighted by molar-refractivity contribution is 6.31. The summed E-state index contributed by atoms with van der Waals surface area (Å²) in [5, 5.41) is 35.3. The van der Waals surface area contributed by atoms with Crippen molar-refractivity contribution in [1.29, 1.82) is 0 Å². The maximum Gasteiger partial charge on any atom is 0.202 e. The van der Waals surface area contributed by atoms with Crippen molar-refractivity contribution >= 4 is 23.6 Å². The van der Waals surface area contributed by atoms with Crippen molar-refractivity contribution in [3.8, 4) is 17.2 Å². The third kappa shape index (κ3) is 4.97. The Balaban J connectivity index is 1.30. The highest BCUT2D eigenvalue weighted by Gasteiger charge is 2.55. The molecule has 3 fully saturated rings. The number of aldehydes is 1. The quantitative estimate of drug-likeness (QED) is 0.233. The van der Waals surface area contributed by atoms with Gasteiger partial charge in [0.1, 0.15) is 35.2 Å². The number of nitrogens with zero attached hydrogens (tertiary/aromatic N) is 1. The molecule has 2 aromatic carbocycles. The second-order valence-electron chi connectivity index (χ2n) is 12.8. The predicted molar refractivity (Wildman–Crippen MR) is 162 cm³/mol. The van der Waals surface area contributed by atoms with Crippen molar-refractivity contribution in [2.45, 2.75) is 87.8 Å². The summed E-state index contributed by atoms with van der Waals surface area (Å²) in [6, 6.07) is 4.28. The van der Waals surface area contributed by atoms with Crippen LogP contribution in [0.2, 0.25) is 0 Å². The predicted octanol–water partition coefficient (Wildman–Crippen LogP) is 1.70. The maximum absolute atomic E-state index is 14.0. The Kier molecular flexibility index (Phi) is 8.39. The molecule has 0 unspecified atom stereocenters. The minimum Gasteiger partial charge on any atom is -0.507 e. The second-order valence-corrected chi connectivity index (χ2v) is 12.8. The van der Waals surface area contributed by atoms with Gasteiger partial charge >= 0.3 is 0 Å². The molecule has 2 aliphatic carbocycles. The number of morpholine rings is 1. The zero-order valence-electron chi connectivity index (χ0n) is 26.7. The molecule has 2 aromatic rings. The summed E-state index contributed by atoms with van der Waals surface area (Å²) in [5.74, 6) is -3.29. The van der Waals surface area contributed by atoms with Crippen LogP contribution in [0.4, 0.5) is 0 Å². The van der Waals surface area contributed by atoms with Gasteiger partial charge < -0.3 is 48.5 Å². The largest absolute Gasteiger partial charge is 0.507 e. The first kappa shape index (κ1) is 32.8. The molecule has 256 valence electrons. The number of ether oxygens (including phenoxy) is 6. The lowest BCUT2D eigenvalue weighted by Crippen LogP contribution is -2.55. The summed E-state index contributed by atoms with van der Waals surface area (Å²) in [4.78, 5) is 54.3. The van der Waals surface area contributed by atoms with E-state index in [4.69, 9.17) is 28.4 Å². The van der Waals surface area contributed by atoms with Gasteiger partial charge in [-0.25, -0.2) is 0 Å². The van der Waals surface area contributed by atoms with E-state index in [2.05, 4.69) is 4.90 Å². The van der Waals surface area contributed by atoms with Crippen LogP contribution in [0.25, 0.3) is 0 Å². The number of phenolic OH excluding ortho intramolecular Hbond substituents is 2. The van der Waals surface area contributed by atoms with E-state index < -0.39 is 83.0 Å². The number of Topliss-reactive ketones (excluding diaryl/α,β-unsaturated/α-hetero) is 1. The second kappa shape index (κ2) is 12.3. The highest BCUT2D eigenvalue weighted by atomic mass is 16.7. The van der Waals surface area contributed by atoms with Gasteiger partial charge in [-0.1, -0.05) is 12.1 Å². The minimum absolute atomic E-state index is 0.0301. The van der Waals surface area contributed by atoms with Crippen molar-refractivity contribution in [2.75, 3.05) is 27.4 Å². The molecule has 7 rings (SSSR count). The zero-order valence-corrected chi connectivity index (χ0v) is 26.7. The van der Waals surface area contributed by atoms with Gasteiger partial charge in [-0.05, 0) is 13.0 Å². The molecule has 0 saturated carbocycles. The topological polar surface area (TPSA) is 188 Å². The average molecular weight is 668 g/mol. The molecule has 0 radical (unpaired) electrons. The van der Waals surface area contributed by atoms with Gasteiger partial charge in [-0.15, -0.1) is 0 Å². The molecule has 3 saturated heterocycles. The summed E-state index contributed by atoms with van der Waals surface area (Å²) in [7, 11) is 2.88. The van der Waals surface area contributed by atoms with Crippen LogP contribution in [0.1, 0.15) is 81.7 Å². The Labute approximate surface area is 275 Å². The van der Waals surface area contributed by atoms with Crippen LogP contribution < -0.4 is 4.74 Å². The standard InChI is InChI=1S/C34H37NO13/c1-15-31-18(35-9-11-45-33(44-3)32(35)48-31)12-22(46-15)47-20-14-34(42,21(37)8-5-10-36)13-17-24(20)30(41)26-25(28(17)39)27(38)16-6-4-7-19(43-2)23(16)29(26)40/h4,6-7,10,15,18,20,22,31-33,39,41-42H,5,8-9,11-14H2,1-3H3/t15-,18-,20-,22-,31+,32+,33-,34-/m0/s1. The first-order valence-electron chi connectivity index (χ1n) is 16.0. The van der Waals surface area contributed by atoms with Crippen LogP contribution in [0.5, 0.6) is 17.2 Å². The van der Waals surface area contributed by atoms with Crippen molar-refractivity contribution < 1.29 is 62.9 Å². The Morgan fingerprint density at radius 3 is 2.60 bits per heavy atom. The number of rotatable bonds is 8. The number of methoxy groups -OCH3 is 2. The third-order valence-electron chi connectivity index (χ3n) is 10.2. The van der Waals surface area contributed by atoms with E-state index in [-0.39, 0.29) is 59.4 Å². The minimum atomic E-state index is -2.14. The molecule has 5 aliphatic rings. The van der Waals surface area contributed by atoms with Crippen LogP contribution in [-0.4, -0.2) is 114 Å². The third-order valence-corrected chi connectivity index (χ3v) is 10.2. The molecule has 8 atom stereocenters. The Morgan fingerprint density at radius 1 is 1.10 bits per heavy atom. The fraction of sp³-hybridized carbons (Fsp3) is 0.529. The first-order valence-corrected chi connectivity index (χ1v) is 16.0. The molecular formula is C34H37NO13. The number of carbonyl (C=O) groups excluding carboxylic acids is 4. The van der Waals surface area contributed by atoms with Crippen LogP contribution in [0.3, 0.4) is 0 Å². The van der Waals surface area contributed by atoms with Crippen LogP contribution in [0, 0.1) is 0 Å². The fourth-order valence-electron chi connectivity index (χ4n) is 7.97. The zero-order chi connectivity index (χ0) is 34.1. The Morgan fingerprint density at radius 2 is 1.88 bits per heavy atom. The van der Waals surface area contributed by atoms with E-state index in [1.807, 2.05) is 6.92 Å². The monoisotopic (exact) mass is 667 g/mol. The fourth-order valence-corrected chi connectivity index (χ4v) is 7.97. The van der Waals surface area contributed by atoms with E-state index in [9.17, 15) is 34.5 Å². The van der Waals surface area contributed by atoms with E-state index in [0.717, 1.165) is 0 Å². The summed E-state index contributed by atoms with van der Waals surface area (Å²) in [6.45, 7) is 2.83. The van der Waals surface area contributed by atoms with Crippen molar-refractivity contribution in [3.05, 3.63) is 51.6 Å². The van der Waals surface area contributed by atoms with Gasteiger partial charge in [0.05, 0.1) is 42.6 Å². The molecule has 0 spiro atoms. The number of fused-ring (bicyclic) bond motifs is 6. The number of carbonyl (C=O) groups is 4. The van der Waals surface area contributed by atoms with Gasteiger partial charge in [-0.2, -0.15) is 0 Å². The van der Waals surface area contributed by atoms with E-state index in [0.29, 0.717) is 25.9 Å². The normalized spacial score (nSPS) is 32.5. The summed E-state index contributed by atoms with van der Waals surface area (Å²) >= 11 is 0. The number of hydrogen-bond acceptors (Lipinski definition) is 14. The van der Waals surface area contributed by atoms with Crippen molar-refractivity contribution in [2.24, 2.45) is 0 Å². The molecule has 3 aliphatic heterocycles. The number of phenols is 2. The summed E-state index contributed by atoms with van der Waals surface area (Å²) < 4.78 is 35.5. The highest BCUT2D eigenvalue weighted by Crippen LogP contribution is 2.53. The number of hydrogen-bond donors (Lipinski definition) is 3. The summed E-state index contributed by atoms with van der Waals surface area (Å²) in [6.07, 6.45) is -4.50. The SMILES string of the molecule is COc1cccc2c1C(=O)c1c(O)c3c(c(O)c1C2=O)C[C@@](O)(C(=O)CCC=O)C[C@@H]3O[C@H]1C[C@H]2[C@H](O[C@@H]3[C@@H](OC)OCCN32)[C@H](C)O1. The number of aliphatic hydroxyl groups is 1. The smallest absolute Gasteiger partial charge is 0.202 e. The molecule has 14 heteroatoms. The molecule has 0 bridgehead atoms. The number of benzene rings is 2. The van der Waals surface area contributed by atoms with E-state index in [1.165, 1.54) is 32.4 Å². The van der Waals surface area contributed by atoms with Gasteiger partial charge in [-0.3, -0.25) is 19.3 Å². The lowest BCUT2D eigenvalue weighted by Gasteiger charge is -2.43. The van der Waals surface area contributed by atoms with Crippen LogP contribution in [0.15, 0.2) is 18.2 Å². The molecule has 14 nitrogen and oxygen atoms in total. The van der Waals surface area contributed by atoms with E-state index in [1.54, 1.807) is 0 Å². The molecule has 3 N–H and O–H groups in total. The Hall–Kier alpha value is -3.76. The first-order chi connectivity index (χ1) is 23.0. The van der Waals surface area contributed by atoms with Crippen molar-refractivity contribution in [3.63, 3.8) is 0 Å². The number of ketones is 3. The van der Waals surface area contributed by atoms with Gasteiger partial charge in [0.2, 0.25) is 5.78 Å². The number of aromatic hydroxyl groups is 2. The van der Waals surface area contributed by atoms with Crippen LogP contribution in [-0.2, 0) is 39.7 Å². The van der Waals surface area contributed by atoms with Gasteiger partial charge in [0.25, 0.3) is 0 Å². The van der Waals surface area contributed by atoms with Crippen molar-refractivity contribution in [1.82, 2.24) is 4.90 Å². The summed E-state index contributed by atoms with van der Waals surface area (Å²) in [5.41, 5.74) is -3.25. The molecular weight excluding hydrogens is 630 g/mol. The van der Waals surface area contributed by atoms with Gasteiger partial charge in [0.15, 0.2) is 30.4 Å². The average Bonchev–Trinajstić information content (AvgIpc) is 3.46. The maximum atomic E-state index is 14.0. The molecule has 0 amide bonds. The molecule has 48 heavy (non-hydrogen) atoms. The Bertz CT molecular complexity index is 1690. The lowest BCUT2D eigenvalue weighted by atomic mass is 9.71. The van der Waals surface area contributed by atoms with E-state index >= 15 is 0 Å². The van der Waals surface area contributed by atoms with Crippen LogP contribution >= 0.6 is 0 Å². The molecule has 0 aromatic heterocycles. The van der Waals surface area contributed by atoms with Gasteiger partial charge in [0, 0.05) is 68.5 Å². The lowest BCUT2D eigenvalue weighted by molar-refractivity contribution is -0.256. The molecule has 3 heterocycles.